The van der Waals surface area contributed by atoms with Gasteiger partial charge in [-0.05, 0) is 37.0 Å². The van der Waals surface area contributed by atoms with E-state index in [1.807, 2.05) is 0 Å². The minimum Gasteiger partial charge on any atom is -0.482 e. The average molecular weight is 340 g/mol. The Labute approximate surface area is 141 Å². The molecule has 0 saturated heterocycles. The molecule has 6 heteroatoms. The fraction of sp³-hybridized carbons (Fsp3) is 0.529. The number of nitrogens with one attached hydrogen (secondary N) is 1. The van der Waals surface area contributed by atoms with Crippen molar-refractivity contribution in [3.63, 3.8) is 0 Å². The van der Waals surface area contributed by atoms with Crippen molar-refractivity contribution in [3.8, 4) is 5.75 Å². The van der Waals surface area contributed by atoms with Gasteiger partial charge < -0.3 is 14.8 Å². The number of hydrogen-bond donors (Lipinski definition) is 1. The molecule has 126 valence electrons. The van der Waals surface area contributed by atoms with Gasteiger partial charge in [0.25, 0.3) is 5.91 Å². The van der Waals surface area contributed by atoms with E-state index in [-0.39, 0.29) is 25.2 Å². The number of rotatable bonds is 6. The predicted octanol–water partition coefficient (Wildman–Crippen LogP) is 2.96. The zero-order valence-corrected chi connectivity index (χ0v) is 14.0. The third-order valence-corrected chi connectivity index (χ3v) is 4.21. The molecule has 1 aliphatic carbocycles. The minimum absolute atomic E-state index is 0.178. The summed E-state index contributed by atoms with van der Waals surface area (Å²) in [5.41, 5.74) is 0. The van der Waals surface area contributed by atoms with Crippen molar-refractivity contribution >= 4 is 23.5 Å². The molecule has 2 rings (SSSR count). The van der Waals surface area contributed by atoms with Crippen molar-refractivity contribution in [1.82, 2.24) is 5.32 Å². The summed E-state index contributed by atoms with van der Waals surface area (Å²) in [6.45, 7) is 1.60. The summed E-state index contributed by atoms with van der Waals surface area (Å²) >= 11 is 5.82. The highest BCUT2D eigenvalue weighted by molar-refractivity contribution is 6.30. The molecule has 0 radical (unpaired) electrons. The lowest BCUT2D eigenvalue weighted by molar-refractivity contribution is -0.150. The van der Waals surface area contributed by atoms with Gasteiger partial charge in [-0.3, -0.25) is 4.79 Å². The third-order valence-electron chi connectivity index (χ3n) is 3.97. The fourth-order valence-electron chi connectivity index (χ4n) is 2.67. The molecule has 5 nitrogen and oxygen atoms in total. The Bertz CT molecular complexity index is 549. The van der Waals surface area contributed by atoms with Crippen molar-refractivity contribution < 1.29 is 19.1 Å². The molecule has 1 saturated carbocycles. The van der Waals surface area contributed by atoms with Crippen LogP contribution in [0.4, 0.5) is 0 Å². The molecule has 2 atom stereocenters. The summed E-state index contributed by atoms with van der Waals surface area (Å²) in [4.78, 5) is 23.4. The van der Waals surface area contributed by atoms with E-state index in [9.17, 15) is 9.59 Å². The Morgan fingerprint density at radius 1 is 1.26 bits per heavy atom. The van der Waals surface area contributed by atoms with Crippen molar-refractivity contribution in [1.29, 1.82) is 0 Å². The zero-order chi connectivity index (χ0) is 16.7. The van der Waals surface area contributed by atoms with Crippen LogP contribution in [-0.2, 0) is 14.3 Å². The number of amides is 1. The van der Waals surface area contributed by atoms with E-state index in [0.29, 0.717) is 16.7 Å². The third kappa shape index (κ3) is 6.10. The van der Waals surface area contributed by atoms with E-state index < -0.39 is 5.97 Å². The van der Waals surface area contributed by atoms with Crippen LogP contribution in [0.15, 0.2) is 24.3 Å². The fourth-order valence-corrected chi connectivity index (χ4v) is 2.85. The first-order valence-corrected chi connectivity index (χ1v) is 8.26. The second kappa shape index (κ2) is 8.77. The van der Waals surface area contributed by atoms with Gasteiger partial charge in [-0.25, -0.2) is 4.79 Å². The van der Waals surface area contributed by atoms with Gasteiger partial charge in [-0.1, -0.05) is 37.4 Å². The summed E-state index contributed by atoms with van der Waals surface area (Å²) in [6.07, 6.45) is 4.45. The molecule has 0 aliphatic heterocycles. The molecule has 0 aromatic heterocycles. The van der Waals surface area contributed by atoms with Crippen LogP contribution in [0.5, 0.6) is 5.75 Å². The minimum atomic E-state index is -0.586. The van der Waals surface area contributed by atoms with Gasteiger partial charge in [0.05, 0.1) is 0 Å². The summed E-state index contributed by atoms with van der Waals surface area (Å²) in [5, 5.41) is 3.46. The molecule has 0 bridgehead atoms. The highest BCUT2D eigenvalue weighted by atomic mass is 35.5. The number of ether oxygens (including phenoxy) is 2. The van der Waals surface area contributed by atoms with E-state index in [0.717, 1.165) is 19.3 Å². The van der Waals surface area contributed by atoms with Gasteiger partial charge in [-0.2, -0.15) is 0 Å². The van der Waals surface area contributed by atoms with Crippen molar-refractivity contribution in [2.24, 2.45) is 5.92 Å². The van der Waals surface area contributed by atoms with Crippen molar-refractivity contribution in [2.45, 2.75) is 38.6 Å². The Balaban J connectivity index is 1.66. The topological polar surface area (TPSA) is 64.6 Å². The van der Waals surface area contributed by atoms with E-state index >= 15 is 0 Å². The van der Waals surface area contributed by atoms with Crippen LogP contribution in [0.25, 0.3) is 0 Å². The van der Waals surface area contributed by atoms with Gasteiger partial charge in [0, 0.05) is 11.1 Å². The second-order valence-corrected chi connectivity index (χ2v) is 6.28. The summed E-state index contributed by atoms with van der Waals surface area (Å²) in [7, 11) is 0. The number of benzene rings is 1. The predicted molar refractivity (Wildman–Crippen MR) is 87.5 cm³/mol. The molecular weight excluding hydrogens is 318 g/mol. The van der Waals surface area contributed by atoms with E-state index in [2.05, 4.69) is 12.2 Å². The molecule has 0 heterocycles. The molecule has 23 heavy (non-hydrogen) atoms. The monoisotopic (exact) mass is 339 g/mol. The number of carbonyl (C=O) groups excluding carboxylic acids is 2. The maximum atomic E-state index is 11.8. The van der Waals surface area contributed by atoms with Gasteiger partial charge >= 0.3 is 5.97 Å². The lowest BCUT2D eigenvalue weighted by atomic mass is 9.86. The van der Waals surface area contributed by atoms with Gasteiger partial charge in [-0.15, -0.1) is 0 Å². The summed E-state index contributed by atoms with van der Waals surface area (Å²) in [6, 6.07) is 6.91. The molecule has 1 aromatic rings. The molecule has 1 N–H and O–H groups in total. The number of esters is 1. The summed E-state index contributed by atoms with van der Waals surface area (Å²) < 4.78 is 10.2. The van der Waals surface area contributed by atoms with Gasteiger partial charge in [0.2, 0.25) is 0 Å². The number of carbonyl (C=O) groups is 2. The van der Waals surface area contributed by atoms with Gasteiger partial charge in [0.1, 0.15) is 5.75 Å². The SMILES string of the molecule is CC1CCCCC1NC(=O)COC(=O)COc1cccc(Cl)c1. The van der Waals surface area contributed by atoms with Crippen LogP contribution in [0.3, 0.4) is 0 Å². The Kier molecular flexibility index (Phi) is 6.71. The van der Waals surface area contributed by atoms with Crippen LogP contribution >= 0.6 is 11.6 Å². The Hall–Kier alpha value is -1.75. The van der Waals surface area contributed by atoms with Crippen LogP contribution in [0.2, 0.25) is 5.02 Å². The van der Waals surface area contributed by atoms with E-state index in [1.165, 1.54) is 6.42 Å². The highest BCUT2D eigenvalue weighted by Gasteiger charge is 2.23. The first-order valence-electron chi connectivity index (χ1n) is 7.88. The van der Waals surface area contributed by atoms with Crippen molar-refractivity contribution in [2.75, 3.05) is 13.2 Å². The van der Waals surface area contributed by atoms with E-state index in [1.54, 1.807) is 24.3 Å². The normalized spacial score (nSPS) is 20.6. The standard InChI is InChI=1S/C17H22ClNO4/c1-12-5-2-3-8-15(12)19-16(20)10-23-17(21)11-22-14-7-4-6-13(18)9-14/h4,6-7,9,12,15H,2-3,5,8,10-11H2,1H3,(H,19,20). The molecule has 1 fully saturated rings. The quantitative estimate of drug-likeness (QED) is 0.809. The first-order chi connectivity index (χ1) is 11.0. The van der Waals surface area contributed by atoms with E-state index in [4.69, 9.17) is 21.1 Å². The maximum absolute atomic E-state index is 11.8. The molecule has 0 spiro atoms. The van der Waals surface area contributed by atoms with Crippen LogP contribution < -0.4 is 10.1 Å². The molecule has 2 unspecified atom stereocenters. The zero-order valence-electron chi connectivity index (χ0n) is 13.2. The molecule has 1 amide bonds. The second-order valence-electron chi connectivity index (χ2n) is 5.84. The van der Waals surface area contributed by atoms with Crippen LogP contribution in [0.1, 0.15) is 32.6 Å². The lowest BCUT2D eigenvalue weighted by Crippen LogP contribution is -2.43. The number of halogens is 1. The lowest BCUT2D eigenvalue weighted by Gasteiger charge is -2.29. The molecular formula is C17H22ClNO4. The first kappa shape index (κ1) is 17.6. The molecule has 1 aromatic carbocycles. The highest BCUT2D eigenvalue weighted by Crippen LogP contribution is 2.23. The van der Waals surface area contributed by atoms with Crippen LogP contribution in [0, 0.1) is 5.92 Å². The number of hydrogen-bond acceptors (Lipinski definition) is 4. The Morgan fingerprint density at radius 3 is 2.78 bits per heavy atom. The largest absolute Gasteiger partial charge is 0.482 e. The smallest absolute Gasteiger partial charge is 0.344 e. The van der Waals surface area contributed by atoms with Crippen molar-refractivity contribution in [3.05, 3.63) is 29.3 Å². The molecule has 1 aliphatic rings. The maximum Gasteiger partial charge on any atom is 0.344 e. The van der Waals surface area contributed by atoms with Crippen LogP contribution in [-0.4, -0.2) is 31.1 Å². The Morgan fingerprint density at radius 2 is 2.04 bits per heavy atom. The average Bonchev–Trinajstić information content (AvgIpc) is 2.53. The summed E-state index contributed by atoms with van der Waals surface area (Å²) in [5.74, 6) is 0.0983. The van der Waals surface area contributed by atoms with Gasteiger partial charge in [0.15, 0.2) is 13.2 Å².